The number of hydrogen-bond acceptors (Lipinski definition) is 8. The fourth-order valence-corrected chi connectivity index (χ4v) is 4.38. The van der Waals surface area contributed by atoms with Crippen LogP contribution in [0.3, 0.4) is 0 Å². The van der Waals surface area contributed by atoms with E-state index in [4.69, 9.17) is 25.8 Å². The number of nitrogens with one attached hydrogen (secondary N) is 1. The second-order valence-corrected chi connectivity index (χ2v) is 9.86. The lowest BCUT2D eigenvalue weighted by Crippen LogP contribution is -2.09. The zero-order chi connectivity index (χ0) is 29.9. The van der Waals surface area contributed by atoms with Crippen molar-refractivity contribution in [1.29, 1.82) is 0 Å². The van der Waals surface area contributed by atoms with E-state index in [1.165, 1.54) is 0 Å². The molecule has 0 aliphatic heterocycles. The molecule has 0 saturated carbocycles. The van der Waals surface area contributed by atoms with Gasteiger partial charge in [-0.05, 0) is 83.9 Å². The minimum atomic E-state index is 0.378. The van der Waals surface area contributed by atoms with Crippen molar-refractivity contribution in [1.82, 2.24) is 10.2 Å². The first-order chi connectivity index (χ1) is 21.1. The number of aromatic nitrogens is 2. The first-order valence-electron chi connectivity index (χ1n) is 13.6. The zero-order valence-electron chi connectivity index (χ0n) is 23.4. The van der Waals surface area contributed by atoms with Gasteiger partial charge in [0.1, 0.15) is 36.7 Å². The third kappa shape index (κ3) is 8.18. The van der Waals surface area contributed by atoms with Crippen molar-refractivity contribution in [3.05, 3.63) is 130 Å². The number of ether oxygens (including phenoxy) is 3. The van der Waals surface area contributed by atoms with Gasteiger partial charge in [-0.1, -0.05) is 41.9 Å². The van der Waals surface area contributed by atoms with Crippen LogP contribution in [0.2, 0.25) is 5.02 Å². The maximum atomic E-state index is 10.8. The number of nitrogens with zero attached hydrogens (tertiary/aromatic N) is 3. The number of anilines is 1. The maximum absolute atomic E-state index is 10.8. The molecule has 4 aromatic carbocycles. The number of para-hydroxylation sites is 1. The Labute approximate surface area is 254 Å². The van der Waals surface area contributed by atoms with E-state index in [1.54, 1.807) is 37.6 Å². The molecule has 5 aromatic rings. The van der Waals surface area contributed by atoms with E-state index in [0.29, 0.717) is 47.5 Å². The first-order valence-corrected chi connectivity index (χ1v) is 13.9. The first kappa shape index (κ1) is 29.3. The second-order valence-electron chi connectivity index (χ2n) is 9.42. The highest BCUT2D eigenvalue weighted by Gasteiger charge is 2.12. The molecule has 0 bridgehead atoms. The summed E-state index contributed by atoms with van der Waals surface area (Å²) in [5, 5.41) is 13.9. The Morgan fingerprint density at radius 1 is 0.791 bits per heavy atom. The summed E-state index contributed by atoms with van der Waals surface area (Å²) < 4.78 is 17.0. The molecule has 1 N–H and O–H groups in total. The van der Waals surface area contributed by atoms with Crippen LogP contribution in [0.25, 0.3) is 11.3 Å². The van der Waals surface area contributed by atoms with Crippen LogP contribution in [0.4, 0.5) is 5.82 Å². The maximum Gasteiger partial charge on any atom is 0.172 e. The SMILES string of the molecule is COc1ccccc1Cc1cc(-c2ccc(Cl)cc2)nnc1N/N=C/c1ccc(OCCOc2ccc(C=O)cc2)cc1. The number of benzene rings is 4. The van der Waals surface area contributed by atoms with Crippen LogP contribution in [0, 0.1) is 0 Å². The molecule has 0 aliphatic rings. The Morgan fingerprint density at radius 3 is 2.09 bits per heavy atom. The average Bonchev–Trinajstić information content (AvgIpc) is 3.05. The molecule has 0 unspecified atom stereocenters. The highest BCUT2D eigenvalue weighted by molar-refractivity contribution is 6.30. The topological polar surface area (TPSA) is 94.9 Å². The Hall–Kier alpha value is -5.21. The molecule has 8 nitrogen and oxygen atoms in total. The van der Waals surface area contributed by atoms with Crippen molar-refractivity contribution in [2.45, 2.75) is 6.42 Å². The van der Waals surface area contributed by atoms with E-state index in [-0.39, 0.29) is 0 Å². The summed E-state index contributed by atoms with van der Waals surface area (Å²) in [5.41, 5.74) is 8.11. The van der Waals surface area contributed by atoms with E-state index < -0.39 is 0 Å². The summed E-state index contributed by atoms with van der Waals surface area (Å²) in [6, 6.07) is 31.9. The molecule has 0 saturated heterocycles. The third-order valence-electron chi connectivity index (χ3n) is 6.49. The molecule has 0 atom stereocenters. The number of aldehydes is 1. The molecule has 43 heavy (non-hydrogen) atoms. The summed E-state index contributed by atoms with van der Waals surface area (Å²) in [7, 11) is 1.66. The van der Waals surface area contributed by atoms with E-state index in [0.717, 1.165) is 40.0 Å². The van der Waals surface area contributed by atoms with Gasteiger partial charge in [-0.25, -0.2) is 0 Å². The largest absolute Gasteiger partial charge is 0.496 e. The molecular formula is C34H29ClN4O4. The Morgan fingerprint density at radius 2 is 1.44 bits per heavy atom. The highest BCUT2D eigenvalue weighted by atomic mass is 35.5. The summed E-state index contributed by atoms with van der Waals surface area (Å²) in [6.45, 7) is 0.757. The number of carbonyl (C=O) groups is 1. The summed E-state index contributed by atoms with van der Waals surface area (Å²) in [4.78, 5) is 10.8. The van der Waals surface area contributed by atoms with Crippen LogP contribution < -0.4 is 19.6 Å². The molecule has 0 fully saturated rings. The number of rotatable bonds is 13. The van der Waals surface area contributed by atoms with Crippen molar-refractivity contribution in [2.75, 3.05) is 25.7 Å². The monoisotopic (exact) mass is 592 g/mol. The van der Waals surface area contributed by atoms with Crippen molar-refractivity contribution in [3.63, 3.8) is 0 Å². The molecule has 1 heterocycles. The lowest BCUT2D eigenvalue weighted by molar-refractivity contribution is 0.112. The van der Waals surface area contributed by atoms with Gasteiger partial charge in [0.15, 0.2) is 5.82 Å². The summed E-state index contributed by atoms with van der Waals surface area (Å²) >= 11 is 6.07. The van der Waals surface area contributed by atoms with Gasteiger partial charge in [0.05, 0.1) is 19.0 Å². The predicted octanol–water partition coefficient (Wildman–Crippen LogP) is 7.11. The van der Waals surface area contributed by atoms with E-state index in [9.17, 15) is 4.79 Å². The van der Waals surface area contributed by atoms with Gasteiger partial charge in [-0.2, -0.15) is 5.10 Å². The molecule has 0 spiro atoms. The van der Waals surface area contributed by atoms with Crippen LogP contribution in [-0.4, -0.2) is 43.0 Å². The zero-order valence-corrected chi connectivity index (χ0v) is 24.2. The molecule has 0 radical (unpaired) electrons. The van der Waals surface area contributed by atoms with E-state index >= 15 is 0 Å². The molecule has 5 rings (SSSR count). The molecule has 0 aliphatic carbocycles. The van der Waals surface area contributed by atoms with Crippen molar-refractivity contribution >= 4 is 29.9 Å². The van der Waals surface area contributed by atoms with Gasteiger partial charge in [0.25, 0.3) is 0 Å². The summed E-state index contributed by atoms with van der Waals surface area (Å²) in [5.74, 6) is 2.74. The number of methoxy groups -OCH3 is 1. The number of hydrazone groups is 1. The third-order valence-corrected chi connectivity index (χ3v) is 6.74. The van der Waals surface area contributed by atoms with E-state index in [1.807, 2.05) is 78.9 Å². The average molecular weight is 593 g/mol. The molecule has 1 aromatic heterocycles. The van der Waals surface area contributed by atoms with Crippen LogP contribution in [-0.2, 0) is 6.42 Å². The number of halogens is 1. The quantitative estimate of drug-likeness (QED) is 0.0673. The minimum Gasteiger partial charge on any atom is -0.496 e. The van der Waals surface area contributed by atoms with Crippen LogP contribution >= 0.6 is 11.6 Å². The molecule has 216 valence electrons. The summed E-state index contributed by atoms with van der Waals surface area (Å²) in [6.07, 6.45) is 3.07. The van der Waals surface area contributed by atoms with Crippen molar-refractivity contribution in [2.24, 2.45) is 5.10 Å². The van der Waals surface area contributed by atoms with Gasteiger partial charge in [0, 0.05) is 28.1 Å². The second kappa shape index (κ2) is 14.6. The molecule has 9 heteroatoms. The van der Waals surface area contributed by atoms with Crippen LogP contribution in [0.5, 0.6) is 17.2 Å². The van der Waals surface area contributed by atoms with Gasteiger partial charge < -0.3 is 14.2 Å². The predicted molar refractivity (Wildman–Crippen MR) is 169 cm³/mol. The smallest absolute Gasteiger partial charge is 0.172 e. The Bertz CT molecular complexity index is 1680. The molecular weight excluding hydrogens is 564 g/mol. The Kier molecular flexibility index (Phi) is 9.95. The standard InChI is InChI=1S/C34H29ClN4O4/c1-41-33-5-3-2-4-27(33)20-28-21-32(26-10-12-29(35)13-11-26)37-39-34(28)38-36-22-24-6-14-30(15-7-24)42-18-19-43-31-16-8-25(23-40)9-17-31/h2-17,21-23H,18-20H2,1H3,(H,38,39)/b36-22+. The van der Waals surface area contributed by atoms with Gasteiger partial charge in [-0.15, -0.1) is 10.2 Å². The van der Waals surface area contributed by atoms with Gasteiger partial charge in [0.2, 0.25) is 0 Å². The van der Waals surface area contributed by atoms with Crippen LogP contribution in [0.15, 0.2) is 108 Å². The van der Waals surface area contributed by atoms with E-state index in [2.05, 4.69) is 20.7 Å². The Balaban J connectivity index is 1.22. The van der Waals surface area contributed by atoms with Gasteiger partial charge in [-0.3, -0.25) is 10.2 Å². The lowest BCUT2D eigenvalue weighted by atomic mass is 10.0. The van der Waals surface area contributed by atoms with Crippen molar-refractivity contribution < 1.29 is 19.0 Å². The number of hydrogen-bond donors (Lipinski definition) is 1. The normalized spacial score (nSPS) is 10.8. The lowest BCUT2D eigenvalue weighted by Gasteiger charge is -2.12. The van der Waals surface area contributed by atoms with Crippen LogP contribution in [0.1, 0.15) is 27.0 Å². The highest BCUT2D eigenvalue weighted by Crippen LogP contribution is 2.27. The van der Waals surface area contributed by atoms with Gasteiger partial charge >= 0.3 is 0 Å². The number of carbonyl (C=O) groups excluding carboxylic acids is 1. The fraction of sp³-hybridized carbons (Fsp3) is 0.118. The minimum absolute atomic E-state index is 0.378. The van der Waals surface area contributed by atoms with Crippen molar-refractivity contribution in [3.8, 4) is 28.5 Å². The fourth-order valence-electron chi connectivity index (χ4n) is 4.25. The molecule has 0 amide bonds.